The van der Waals surface area contributed by atoms with Crippen LogP contribution in [0.5, 0.6) is 0 Å². The van der Waals surface area contributed by atoms with Gasteiger partial charge >= 0.3 is 0 Å². The molecule has 4 heteroatoms. The van der Waals surface area contributed by atoms with E-state index in [0.29, 0.717) is 17.2 Å². The molecule has 1 aromatic carbocycles. The average Bonchev–Trinajstić information content (AvgIpc) is 2.52. The zero-order valence-electron chi connectivity index (χ0n) is 14.7. The number of nitrogens with zero attached hydrogens (tertiary/aromatic N) is 1. The summed E-state index contributed by atoms with van der Waals surface area (Å²) >= 11 is 0. The molecule has 1 aliphatic rings. The standard InChI is InChI=1S/C19H28N2O2/c1-5-16-11-6-7-12-21(16)18(23)15-10-8-9-14(13-15)17(22)20-19(2,3)4/h8-10,13,16H,5-7,11-12H2,1-4H3,(H,20,22). The van der Waals surface area contributed by atoms with E-state index >= 15 is 0 Å². The molecule has 0 bridgehead atoms. The second kappa shape index (κ2) is 7.16. The van der Waals surface area contributed by atoms with Crippen LogP contribution in [-0.2, 0) is 0 Å². The fraction of sp³-hybridized carbons (Fsp3) is 0.579. The molecule has 0 spiro atoms. The third-order valence-corrected chi connectivity index (χ3v) is 4.22. The highest BCUT2D eigenvalue weighted by Crippen LogP contribution is 2.22. The normalized spacial score (nSPS) is 18.6. The first kappa shape index (κ1) is 17.5. The summed E-state index contributed by atoms with van der Waals surface area (Å²) in [7, 11) is 0. The van der Waals surface area contributed by atoms with Gasteiger partial charge in [0.2, 0.25) is 0 Å². The highest BCUT2D eigenvalue weighted by molar-refractivity contribution is 6.00. The molecule has 1 fully saturated rings. The number of piperidine rings is 1. The van der Waals surface area contributed by atoms with Crippen LogP contribution in [0.2, 0.25) is 0 Å². The van der Waals surface area contributed by atoms with Crippen LogP contribution in [-0.4, -0.2) is 34.8 Å². The van der Waals surface area contributed by atoms with Gasteiger partial charge in [-0.25, -0.2) is 0 Å². The Morgan fingerprint density at radius 2 is 1.91 bits per heavy atom. The molecule has 1 aromatic rings. The Morgan fingerprint density at radius 1 is 1.22 bits per heavy atom. The zero-order valence-corrected chi connectivity index (χ0v) is 14.7. The molecule has 1 N–H and O–H groups in total. The van der Waals surface area contributed by atoms with Gasteiger partial charge in [-0.1, -0.05) is 13.0 Å². The lowest BCUT2D eigenvalue weighted by molar-refractivity contribution is 0.0608. The molecule has 0 aromatic heterocycles. The largest absolute Gasteiger partial charge is 0.347 e. The predicted octanol–water partition coefficient (Wildman–Crippen LogP) is 3.62. The lowest BCUT2D eigenvalue weighted by Crippen LogP contribution is -2.43. The van der Waals surface area contributed by atoms with Crippen LogP contribution >= 0.6 is 0 Å². The summed E-state index contributed by atoms with van der Waals surface area (Å²) in [5, 5.41) is 2.94. The Hall–Kier alpha value is -1.84. The van der Waals surface area contributed by atoms with E-state index in [0.717, 1.165) is 25.8 Å². The van der Waals surface area contributed by atoms with Gasteiger partial charge in [0.15, 0.2) is 0 Å². The third-order valence-electron chi connectivity index (χ3n) is 4.22. The Bertz CT molecular complexity index is 575. The molecule has 1 atom stereocenters. The summed E-state index contributed by atoms with van der Waals surface area (Å²) in [6.07, 6.45) is 4.31. The van der Waals surface area contributed by atoms with Crippen molar-refractivity contribution in [2.24, 2.45) is 0 Å². The van der Waals surface area contributed by atoms with Crippen LogP contribution in [0.1, 0.15) is 74.1 Å². The number of amides is 2. The Morgan fingerprint density at radius 3 is 2.57 bits per heavy atom. The van der Waals surface area contributed by atoms with Crippen LogP contribution in [0, 0.1) is 0 Å². The average molecular weight is 316 g/mol. The van der Waals surface area contributed by atoms with E-state index in [9.17, 15) is 9.59 Å². The Kier molecular flexibility index (Phi) is 5.45. The maximum absolute atomic E-state index is 12.8. The summed E-state index contributed by atoms with van der Waals surface area (Å²) in [4.78, 5) is 27.1. The fourth-order valence-electron chi connectivity index (χ4n) is 3.06. The predicted molar refractivity (Wildman–Crippen MR) is 92.6 cm³/mol. The first-order valence-electron chi connectivity index (χ1n) is 8.55. The fourth-order valence-corrected chi connectivity index (χ4v) is 3.06. The number of hydrogen-bond acceptors (Lipinski definition) is 2. The number of carbonyl (C=O) groups is 2. The van der Waals surface area contributed by atoms with Gasteiger partial charge in [-0.05, 0) is 64.7 Å². The summed E-state index contributed by atoms with van der Waals surface area (Å²) in [6.45, 7) is 8.78. The molecule has 0 aliphatic carbocycles. The lowest BCUT2D eigenvalue weighted by Gasteiger charge is -2.35. The molecule has 0 saturated carbocycles. The second-order valence-electron chi connectivity index (χ2n) is 7.34. The molecule has 23 heavy (non-hydrogen) atoms. The summed E-state index contributed by atoms with van der Waals surface area (Å²) in [6, 6.07) is 7.38. The molecule has 126 valence electrons. The number of nitrogens with one attached hydrogen (secondary N) is 1. The number of likely N-dealkylation sites (tertiary alicyclic amines) is 1. The molecule has 1 saturated heterocycles. The van der Waals surface area contributed by atoms with Gasteiger partial charge in [-0.2, -0.15) is 0 Å². The molecule has 2 amide bonds. The van der Waals surface area contributed by atoms with Crippen molar-refractivity contribution in [1.82, 2.24) is 10.2 Å². The SMILES string of the molecule is CCC1CCCCN1C(=O)c1cccc(C(=O)NC(C)(C)C)c1. The number of rotatable bonds is 3. The minimum atomic E-state index is -0.294. The van der Waals surface area contributed by atoms with Gasteiger partial charge in [0, 0.05) is 29.3 Å². The van der Waals surface area contributed by atoms with E-state index < -0.39 is 0 Å². The van der Waals surface area contributed by atoms with Gasteiger partial charge in [0.05, 0.1) is 0 Å². The first-order valence-corrected chi connectivity index (χ1v) is 8.55. The van der Waals surface area contributed by atoms with Crippen LogP contribution in [0.4, 0.5) is 0 Å². The van der Waals surface area contributed by atoms with Crippen LogP contribution in [0.15, 0.2) is 24.3 Å². The first-order chi connectivity index (χ1) is 10.8. The maximum atomic E-state index is 12.8. The third kappa shape index (κ3) is 4.57. The van der Waals surface area contributed by atoms with Crippen molar-refractivity contribution >= 4 is 11.8 Å². The summed E-state index contributed by atoms with van der Waals surface area (Å²) < 4.78 is 0. The quantitative estimate of drug-likeness (QED) is 0.926. The van der Waals surface area contributed by atoms with Gasteiger partial charge in [0.1, 0.15) is 0 Å². The smallest absolute Gasteiger partial charge is 0.254 e. The van der Waals surface area contributed by atoms with Crippen LogP contribution in [0.25, 0.3) is 0 Å². The monoisotopic (exact) mass is 316 g/mol. The zero-order chi connectivity index (χ0) is 17.0. The highest BCUT2D eigenvalue weighted by atomic mass is 16.2. The Balaban J connectivity index is 2.18. The van der Waals surface area contributed by atoms with E-state index in [4.69, 9.17) is 0 Å². The topological polar surface area (TPSA) is 49.4 Å². The van der Waals surface area contributed by atoms with E-state index in [-0.39, 0.29) is 17.4 Å². The molecule has 2 rings (SSSR count). The minimum absolute atomic E-state index is 0.0435. The molecule has 0 radical (unpaired) electrons. The van der Waals surface area contributed by atoms with Crippen molar-refractivity contribution < 1.29 is 9.59 Å². The van der Waals surface area contributed by atoms with Crippen LogP contribution < -0.4 is 5.32 Å². The van der Waals surface area contributed by atoms with Gasteiger partial charge in [0.25, 0.3) is 11.8 Å². The van der Waals surface area contributed by atoms with Gasteiger partial charge < -0.3 is 10.2 Å². The molecular weight excluding hydrogens is 288 g/mol. The molecular formula is C19H28N2O2. The molecule has 1 unspecified atom stereocenters. The molecule has 4 nitrogen and oxygen atoms in total. The number of hydrogen-bond donors (Lipinski definition) is 1. The molecule has 1 heterocycles. The van der Waals surface area contributed by atoms with Crippen molar-refractivity contribution in [1.29, 1.82) is 0 Å². The highest BCUT2D eigenvalue weighted by Gasteiger charge is 2.26. The number of benzene rings is 1. The van der Waals surface area contributed by atoms with E-state index in [1.807, 2.05) is 25.7 Å². The minimum Gasteiger partial charge on any atom is -0.347 e. The van der Waals surface area contributed by atoms with Crippen molar-refractivity contribution in [3.05, 3.63) is 35.4 Å². The summed E-state index contributed by atoms with van der Waals surface area (Å²) in [5.74, 6) is -0.0974. The van der Waals surface area contributed by atoms with Gasteiger partial charge in [-0.3, -0.25) is 9.59 Å². The van der Waals surface area contributed by atoms with Crippen molar-refractivity contribution in [2.75, 3.05) is 6.54 Å². The summed E-state index contributed by atoms with van der Waals surface area (Å²) in [5.41, 5.74) is 0.847. The number of carbonyl (C=O) groups excluding carboxylic acids is 2. The van der Waals surface area contributed by atoms with E-state index in [2.05, 4.69) is 12.2 Å². The maximum Gasteiger partial charge on any atom is 0.254 e. The van der Waals surface area contributed by atoms with E-state index in [1.165, 1.54) is 6.42 Å². The van der Waals surface area contributed by atoms with Gasteiger partial charge in [-0.15, -0.1) is 0 Å². The van der Waals surface area contributed by atoms with Crippen molar-refractivity contribution in [3.8, 4) is 0 Å². The van der Waals surface area contributed by atoms with Crippen molar-refractivity contribution in [3.63, 3.8) is 0 Å². The second-order valence-corrected chi connectivity index (χ2v) is 7.34. The van der Waals surface area contributed by atoms with Crippen LogP contribution in [0.3, 0.4) is 0 Å². The van der Waals surface area contributed by atoms with Crippen molar-refractivity contribution in [2.45, 2.75) is 65.0 Å². The molecule has 1 aliphatic heterocycles. The lowest BCUT2D eigenvalue weighted by atomic mass is 9.98. The Labute approximate surface area is 139 Å². The van der Waals surface area contributed by atoms with E-state index in [1.54, 1.807) is 24.3 Å².